The molecule has 2 heterocycles. The van der Waals surface area contributed by atoms with Crippen LogP contribution in [0.4, 0.5) is 5.69 Å². The van der Waals surface area contributed by atoms with Crippen LogP contribution in [-0.4, -0.2) is 34.0 Å². The Balaban J connectivity index is 1.83. The van der Waals surface area contributed by atoms with Gasteiger partial charge in [0.25, 0.3) is 0 Å². The first kappa shape index (κ1) is 15.3. The molecule has 0 amide bonds. The van der Waals surface area contributed by atoms with Gasteiger partial charge in [-0.05, 0) is 38.1 Å². The van der Waals surface area contributed by atoms with Gasteiger partial charge in [0.1, 0.15) is 0 Å². The predicted molar refractivity (Wildman–Crippen MR) is 89.5 cm³/mol. The van der Waals surface area contributed by atoms with E-state index in [0.717, 1.165) is 28.2 Å². The molecule has 0 unspecified atom stereocenters. The average molecular weight is 311 g/mol. The Morgan fingerprint density at radius 1 is 1.13 bits per heavy atom. The molecule has 0 atom stereocenters. The fourth-order valence-electron chi connectivity index (χ4n) is 2.58. The first-order valence-corrected chi connectivity index (χ1v) is 7.55. The van der Waals surface area contributed by atoms with Crippen molar-refractivity contribution in [1.29, 1.82) is 0 Å². The molecule has 0 radical (unpaired) electrons. The quantitative estimate of drug-likeness (QED) is 0.741. The summed E-state index contributed by atoms with van der Waals surface area (Å²) in [4.78, 5) is 6.57. The summed E-state index contributed by atoms with van der Waals surface area (Å²) in [6, 6.07) is 8.09. The largest absolute Gasteiger partial charge is 0.378 e. The number of anilines is 1. The summed E-state index contributed by atoms with van der Waals surface area (Å²) in [6.07, 6.45) is 0.605. The summed E-state index contributed by atoms with van der Waals surface area (Å²) >= 11 is 0. The third kappa shape index (κ3) is 2.97. The van der Waals surface area contributed by atoms with Gasteiger partial charge in [0.05, 0.1) is 12.1 Å². The van der Waals surface area contributed by atoms with Crippen LogP contribution >= 0.6 is 0 Å². The van der Waals surface area contributed by atoms with E-state index in [2.05, 4.69) is 20.1 Å². The van der Waals surface area contributed by atoms with Crippen molar-refractivity contribution in [2.75, 3.05) is 19.0 Å². The second kappa shape index (κ2) is 5.87. The molecule has 0 saturated heterocycles. The van der Waals surface area contributed by atoms with Crippen molar-refractivity contribution >= 4 is 5.69 Å². The fourth-order valence-corrected chi connectivity index (χ4v) is 2.58. The Kier molecular flexibility index (Phi) is 3.90. The average Bonchev–Trinajstić information content (AvgIpc) is 3.08. The maximum absolute atomic E-state index is 5.41. The van der Waals surface area contributed by atoms with E-state index in [0.29, 0.717) is 18.1 Å². The summed E-state index contributed by atoms with van der Waals surface area (Å²) in [5.74, 6) is 1.22. The minimum absolute atomic E-state index is 0.605. The Morgan fingerprint density at radius 2 is 1.83 bits per heavy atom. The summed E-state index contributed by atoms with van der Waals surface area (Å²) in [7, 11) is 5.97. The van der Waals surface area contributed by atoms with Crippen LogP contribution in [0.5, 0.6) is 0 Å². The van der Waals surface area contributed by atoms with Crippen molar-refractivity contribution in [2.24, 2.45) is 7.05 Å². The normalized spacial score (nSPS) is 11.0. The molecule has 0 bridgehead atoms. The topological polar surface area (TPSA) is 60.0 Å². The van der Waals surface area contributed by atoms with Gasteiger partial charge in [0, 0.05) is 43.7 Å². The molecule has 3 rings (SSSR count). The van der Waals surface area contributed by atoms with Gasteiger partial charge >= 0.3 is 0 Å². The highest BCUT2D eigenvalue weighted by molar-refractivity contribution is 5.59. The van der Waals surface area contributed by atoms with Gasteiger partial charge in [0.15, 0.2) is 0 Å². The lowest BCUT2D eigenvalue weighted by atomic mass is 10.1. The number of aryl methyl sites for hydroxylation is 2. The van der Waals surface area contributed by atoms with Crippen molar-refractivity contribution in [3.63, 3.8) is 0 Å². The minimum atomic E-state index is 0.605. The van der Waals surface area contributed by atoms with Gasteiger partial charge in [-0.2, -0.15) is 10.1 Å². The third-order valence-corrected chi connectivity index (χ3v) is 4.10. The van der Waals surface area contributed by atoms with Crippen LogP contribution in [0.1, 0.15) is 22.8 Å². The first-order chi connectivity index (χ1) is 11.0. The van der Waals surface area contributed by atoms with Gasteiger partial charge in [-0.3, -0.25) is 4.68 Å². The molecular formula is C17H21N5O. The Morgan fingerprint density at radius 3 is 2.39 bits per heavy atom. The molecule has 6 nitrogen and oxygen atoms in total. The summed E-state index contributed by atoms with van der Waals surface area (Å²) < 4.78 is 7.29. The van der Waals surface area contributed by atoms with Gasteiger partial charge in [-0.15, -0.1) is 0 Å². The zero-order valence-electron chi connectivity index (χ0n) is 14.2. The molecule has 0 aliphatic carbocycles. The van der Waals surface area contributed by atoms with Crippen molar-refractivity contribution in [2.45, 2.75) is 20.3 Å². The van der Waals surface area contributed by atoms with E-state index in [1.54, 1.807) is 0 Å². The fraction of sp³-hybridized carbons (Fsp3) is 0.353. The molecule has 0 fully saturated rings. The van der Waals surface area contributed by atoms with Crippen LogP contribution in [0, 0.1) is 13.8 Å². The van der Waals surface area contributed by atoms with E-state index in [1.165, 1.54) is 0 Å². The molecule has 0 N–H and O–H groups in total. The highest BCUT2D eigenvalue weighted by atomic mass is 16.5. The molecule has 0 saturated carbocycles. The monoisotopic (exact) mass is 311 g/mol. The highest BCUT2D eigenvalue weighted by Gasteiger charge is 2.15. The van der Waals surface area contributed by atoms with Crippen molar-refractivity contribution < 1.29 is 4.52 Å². The van der Waals surface area contributed by atoms with Crippen molar-refractivity contribution in [3.05, 3.63) is 47.1 Å². The summed E-state index contributed by atoms with van der Waals surface area (Å²) in [5.41, 5.74) is 5.35. The summed E-state index contributed by atoms with van der Waals surface area (Å²) in [6.45, 7) is 4.05. The molecule has 1 aromatic carbocycles. The zero-order chi connectivity index (χ0) is 16.6. The summed E-state index contributed by atoms with van der Waals surface area (Å²) in [5, 5.41) is 8.52. The Hall–Kier alpha value is -2.63. The zero-order valence-corrected chi connectivity index (χ0v) is 14.2. The van der Waals surface area contributed by atoms with Crippen LogP contribution in [0.15, 0.2) is 28.8 Å². The number of hydrogen-bond acceptors (Lipinski definition) is 5. The lowest BCUT2D eigenvalue weighted by Crippen LogP contribution is -2.07. The Bertz CT molecular complexity index is 814. The maximum Gasteiger partial charge on any atom is 0.231 e. The van der Waals surface area contributed by atoms with Gasteiger partial charge in [0.2, 0.25) is 11.7 Å². The van der Waals surface area contributed by atoms with Crippen LogP contribution in [0.3, 0.4) is 0 Å². The molecule has 0 aliphatic rings. The predicted octanol–water partition coefficient (Wildman–Crippen LogP) is 2.74. The van der Waals surface area contributed by atoms with Crippen LogP contribution < -0.4 is 4.90 Å². The van der Waals surface area contributed by atoms with E-state index in [4.69, 9.17) is 4.52 Å². The third-order valence-electron chi connectivity index (χ3n) is 4.10. The van der Waals surface area contributed by atoms with E-state index in [1.807, 2.05) is 63.9 Å². The molecule has 3 aromatic rings. The highest BCUT2D eigenvalue weighted by Crippen LogP contribution is 2.22. The number of aromatic nitrogens is 4. The number of benzene rings is 1. The molecule has 0 aliphatic heterocycles. The SMILES string of the molecule is Cc1nn(C)c(C)c1Cc1nc(-c2ccc(N(C)C)cc2)no1. The molecular weight excluding hydrogens is 290 g/mol. The Labute approximate surface area is 135 Å². The molecule has 2 aromatic heterocycles. The molecule has 120 valence electrons. The smallest absolute Gasteiger partial charge is 0.231 e. The molecule has 0 spiro atoms. The standard InChI is InChI=1S/C17H21N5O/c1-11-15(12(2)22(5)19-11)10-16-18-17(20-23-16)13-6-8-14(9-7-13)21(3)4/h6-9H,10H2,1-5H3. The molecule has 23 heavy (non-hydrogen) atoms. The van der Waals surface area contributed by atoms with Crippen LogP contribution in [0.2, 0.25) is 0 Å². The van der Waals surface area contributed by atoms with Crippen LogP contribution in [0.25, 0.3) is 11.4 Å². The van der Waals surface area contributed by atoms with E-state index in [-0.39, 0.29) is 0 Å². The minimum Gasteiger partial charge on any atom is -0.378 e. The first-order valence-electron chi connectivity index (χ1n) is 7.55. The van der Waals surface area contributed by atoms with Gasteiger partial charge in [-0.1, -0.05) is 5.16 Å². The maximum atomic E-state index is 5.41. The van der Waals surface area contributed by atoms with Crippen molar-refractivity contribution in [3.8, 4) is 11.4 Å². The van der Waals surface area contributed by atoms with Crippen molar-refractivity contribution in [1.82, 2.24) is 19.9 Å². The van der Waals surface area contributed by atoms with E-state index in [9.17, 15) is 0 Å². The lowest BCUT2D eigenvalue weighted by molar-refractivity contribution is 0.385. The van der Waals surface area contributed by atoms with E-state index >= 15 is 0 Å². The van der Waals surface area contributed by atoms with E-state index < -0.39 is 0 Å². The second-order valence-electron chi connectivity index (χ2n) is 5.90. The molecule has 6 heteroatoms. The number of hydrogen-bond donors (Lipinski definition) is 0. The number of nitrogens with zero attached hydrogens (tertiary/aromatic N) is 5. The number of rotatable bonds is 4. The lowest BCUT2D eigenvalue weighted by Gasteiger charge is -2.11. The van der Waals surface area contributed by atoms with Gasteiger partial charge < -0.3 is 9.42 Å². The van der Waals surface area contributed by atoms with Gasteiger partial charge in [-0.25, -0.2) is 0 Å². The van der Waals surface area contributed by atoms with Crippen LogP contribution in [-0.2, 0) is 13.5 Å². The second-order valence-corrected chi connectivity index (χ2v) is 5.90.